The van der Waals surface area contributed by atoms with Gasteiger partial charge in [-0.05, 0) is 42.5 Å². The first-order chi connectivity index (χ1) is 11.8. The average molecular weight is 389 g/mol. The van der Waals surface area contributed by atoms with Gasteiger partial charge in [0.25, 0.3) is 0 Å². The average Bonchev–Trinajstić information content (AvgIpc) is 2.44. The van der Waals surface area contributed by atoms with Crippen LogP contribution < -0.4 is 15.2 Å². The molecule has 0 aliphatic rings. The van der Waals surface area contributed by atoms with Crippen molar-refractivity contribution in [3.63, 3.8) is 0 Å². The molecule has 2 unspecified atom stereocenters. The number of hydrogen-bond donors (Lipinski definition) is 2. The highest BCUT2D eigenvalue weighted by Gasteiger charge is 2.34. The van der Waals surface area contributed by atoms with Crippen LogP contribution in [0.25, 0.3) is 0 Å². The van der Waals surface area contributed by atoms with Crippen LogP contribution in [-0.4, -0.2) is 30.3 Å². The molecular weight excluding hydrogens is 372 g/mol. The summed E-state index contributed by atoms with van der Waals surface area (Å²) in [5, 5.41) is 8.97. The zero-order chi connectivity index (χ0) is 20.1. The van der Waals surface area contributed by atoms with Gasteiger partial charge in [0.15, 0.2) is 0 Å². The lowest BCUT2D eigenvalue weighted by atomic mass is 9.90. The van der Waals surface area contributed by atoms with E-state index in [9.17, 15) is 31.1 Å². The Bertz CT molecular complexity index is 617. The molecule has 0 radical (unpaired) electrons. The maximum Gasteiger partial charge on any atom is 0.573 e. The number of halogens is 6. The van der Waals surface area contributed by atoms with Crippen molar-refractivity contribution >= 4 is 5.97 Å². The summed E-state index contributed by atoms with van der Waals surface area (Å²) in [5.74, 6) is -3.97. The topological polar surface area (TPSA) is 81.8 Å². The number of alkyl halides is 6. The quantitative estimate of drug-likeness (QED) is 0.663. The molecule has 1 rings (SSSR count). The van der Waals surface area contributed by atoms with Gasteiger partial charge >= 0.3 is 18.7 Å². The third kappa shape index (κ3) is 7.81. The van der Waals surface area contributed by atoms with Gasteiger partial charge in [-0.1, -0.05) is 6.92 Å². The van der Waals surface area contributed by atoms with Crippen molar-refractivity contribution in [1.29, 1.82) is 0 Å². The highest BCUT2D eigenvalue weighted by Crippen LogP contribution is 2.33. The first-order valence-electron chi connectivity index (χ1n) is 7.38. The Morgan fingerprint density at radius 3 is 2.19 bits per heavy atom. The van der Waals surface area contributed by atoms with Gasteiger partial charge in [-0.3, -0.25) is 4.79 Å². The SMILES string of the molecule is CC(Cc1cc(OC(F)(F)F)ccc1OC(F)(F)F)CC(CN)C(=O)O. The van der Waals surface area contributed by atoms with Crippen LogP contribution in [0.5, 0.6) is 11.5 Å². The van der Waals surface area contributed by atoms with E-state index >= 15 is 0 Å². The Morgan fingerprint density at radius 1 is 1.15 bits per heavy atom. The Labute approximate surface area is 144 Å². The molecule has 0 saturated heterocycles. The van der Waals surface area contributed by atoms with Crippen molar-refractivity contribution in [3.8, 4) is 11.5 Å². The molecule has 0 bridgehead atoms. The summed E-state index contributed by atoms with van der Waals surface area (Å²) in [6.07, 6.45) is -10.2. The fourth-order valence-electron chi connectivity index (χ4n) is 2.38. The molecule has 0 aromatic heterocycles. The van der Waals surface area contributed by atoms with Crippen molar-refractivity contribution in [2.75, 3.05) is 6.54 Å². The summed E-state index contributed by atoms with van der Waals surface area (Å²) in [6.45, 7) is 1.36. The van der Waals surface area contributed by atoms with Gasteiger partial charge in [0.1, 0.15) is 11.5 Å². The van der Waals surface area contributed by atoms with E-state index in [1.54, 1.807) is 6.92 Å². The third-order valence-corrected chi connectivity index (χ3v) is 3.38. The van der Waals surface area contributed by atoms with Crippen LogP contribution in [0.15, 0.2) is 18.2 Å². The molecule has 2 atom stereocenters. The smallest absolute Gasteiger partial charge is 0.481 e. The number of ether oxygens (including phenoxy) is 2. The molecular formula is C15H17F6NO4. The minimum absolute atomic E-state index is 0.0294. The number of carboxylic acids is 1. The second-order valence-corrected chi connectivity index (χ2v) is 5.68. The number of hydrogen-bond acceptors (Lipinski definition) is 4. The summed E-state index contributed by atoms with van der Waals surface area (Å²) in [6, 6.07) is 2.19. The molecule has 11 heteroatoms. The van der Waals surface area contributed by atoms with Crippen molar-refractivity contribution in [2.45, 2.75) is 32.5 Å². The Hall–Kier alpha value is -2.17. The van der Waals surface area contributed by atoms with E-state index in [4.69, 9.17) is 10.8 Å². The van der Waals surface area contributed by atoms with Crippen LogP contribution in [0.2, 0.25) is 0 Å². The third-order valence-electron chi connectivity index (χ3n) is 3.38. The second-order valence-electron chi connectivity index (χ2n) is 5.68. The van der Waals surface area contributed by atoms with Gasteiger partial charge in [-0.25, -0.2) is 0 Å². The highest BCUT2D eigenvalue weighted by molar-refractivity contribution is 5.70. The number of rotatable bonds is 8. The summed E-state index contributed by atoms with van der Waals surface area (Å²) in [4.78, 5) is 11.0. The molecule has 5 nitrogen and oxygen atoms in total. The summed E-state index contributed by atoms with van der Waals surface area (Å²) in [5.41, 5.74) is 5.13. The standard InChI is InChI=1S/C15H17F6NO4/c1-8(5-10(7-22)13(23)24)4-9-6-11(25-14(16,17)18)2-3-12(9)26-15(19,20)21/h2-3,6,8,10H,4-5,7,22H2,1H3,(H,23,24). The number of benzene rings is 1. The summed E-state index contributed by atoms with van der Waals surface area (Å²) < 4.78 is 81.8. The number of carbonyl (C=O) groups is 1. The molecule has 0 fully saturated rings. The first-order valence-corrected chi connectivity index (χ1v) is 7.38. The van der Waals surface area contributed by atoms with Gasteiger partial charge in [-0.2, -0.15) is 0 Å². The maximum absolute atomic E-state index is 12.5. The molecule has 0 aliphatic heterocycles. The second kappa shape index (κ2) is 8.47. The van der Waals surface area contributed by atoms with E-state index in [0.29, 0.717) is 12.1 Å². The van der Waals surface area contributed by atoms with E-state index in [-0.39, 0.29) is 24.9 Å². The minimum atomic E-state index is -5.04. The molecule has 0 saturated carbocycles. The van der Waals surface area contributed by atoms with Crippen LogP contribution >= 0.6 is 0 Å². The van der Waals surface area contributed by atoms with Crippen LogP contribution in [0.4, 0.5) is 26.3 Å². The van der Waals surface area contributed by atoms with E-state index in [0.717, 1.165) is 6.07 Å². The lowest BCUT2D eigenvalue weighted by Gasteiger charge is -2.20. The maximum atomic E-state index is 12.5. The first kappa shape index (κ1) is 21.9. The van der Waals surface area contributed by atoms with Crippen LogP contribution in [0.3, 0.4) is 0 Å². The van der Waals surface area contributed by atoms with E-state index in [1.807, 2.05) is 0 Å². The molecule has 0 amide bonds. The van der Waals surface area contributed by atoms with E-state index in [1.165, 1.54) is 0 Å². The van der Waals surface area contributed by atoms with Gasteiger partial charge in [0.05, 0.1) is 5.92 Å². The minimum Gasteiger partial charge on any atom is -0.481 e. The lowest BCUT2D eigenvalue weighted by molar-refractivity contribution is -0.277. The number of nitrogens with two attached hydrogens (primary N) is 1. The number of aliphatic carboxylic acids is 1. The molecule has 0 heterocycles. The van der Waals surface area contributed by atoms with Crippen LogP contribution in [-0.2, 0) is 11.2 Å². The van der Waals surface area contributed by atoms with E-state index < -0.39 is 42.0 Å². The Balaban J connectivity index is 3.06. The van der Waals surface area contributed by atoms with Crippen molar-refractivity contribution in [3.05, 3.63) is 23.8 Å². The van der Waals surface area contributed by atoms with Gasteiger partial charge in [0, 0.05) is 6.54 Å². The van der Waals surface area contributed by atoms with Gasteiger partial charge in [-0.15, -0.1) is 26.3 Å². The molecule has 0 aliphatic carbocycles. The van der Waals surface area contributed by atoms with Gasteiger partial charge < -0.3 is 20.3 Å². The monoisotopic (exact) mass is 389 g/mol. The van der Waals surface area contributed by atoms with Crippen LogP contribution in [0, 0.1) is 11.8 Å². The largest absolute Gasteiger partial charge is 0.573 e. The molecule has 0 spiro atoms. The fraction of sp³-hybridized carbons (Fsp3) is 0.533. The van der Waals surface area contributed by atoms with E-state index in [2.05, 4.69) is 9.47 Å². The molecule has 148 valence electrons. The fourth-order valence-corrected chi connectivity index (χ4v) is 2.38. The molecule has 26 heavy (non-hydrogen) atoms. The summed E-state index contributed by atoms with van der Waals surface area (Å²) in [7, 11) is 0. The number of carboxylic acid groups (broad SMARTS) is 1. The molecule has 3 N–H and O–H groups in total. The van der Waals surface area contributed by atoms with Crippen molar-refractivity contribution < 1.29 is 45.7 Å². The predicted octanol–water partition coefficient (Wildman–Crippen LogP) is 3.71. The highest BCUT2D eigenvalue weighted by atomic mass is 19.4. The molecule has 1 aromatic carbocycles. The zero-order valence-electron chi connectivity index (χ0n) is 13.5. The predicted molar refractivity (Wildman–Crippen MR) is 77.5 cm³/mol. The zero-order valence-corrected chi connectivity index (χ0v) is 13.5. The lowest BCUT2D eigenvalue weighted by Crippen LogP contribution is -2.26. The Kier molecular flexibility index (Phi) is 7.13. The van der Waals surface area contributed by atoms with Crippen LogP contribution in [0.1, 0.15) is 18.9 Å². The normalized spacial score (nSPS) is 14.6. The molecule has 1 aromatic rings. The summed E-state index contributed by atoms with van der Waals surface area (Å²) >= 11 is 0. The van der Waals surface area contributed by atoms with Crippen molar-refractivity contribution in [1.82, 2.24) is 0 Å². The van der Waals surface area contributed by atoms with Gasteiger partial charge in [0.2, 0.25) is 0 Å². The Morgan fingerprint density at radius 2 is 1.73 bits per heavy atom. The van der Waals surface area contributed by atoms with Crippen molar-refractivity contribution in [2.24, 2.45) is 17.6 Å².